The molecule has 0 atom stereocenters. The summed E-state index contributed by atoms with van der Waals surface area (Å²) in [6.45, 7) is 3.71. The highest BCUT2D eigenvalue weighted by molar-refractivity contribution is 5.36. The van der Waals surface area contributed by atoms with Gasteiger partial charge in [-0.1, -0.05) is 17.7 Å². The molecule has 0 aliphatic heterocycles. The molecule has 0 bridgehead atoms. The van der Waals surface area contributed by atoms with Crippen LogP contribution in [-0.4, -0.2) is 20.8 Å². The third-order valence-electron chi connectivity index (χ3n) is 2.05. The van der Waals surface area contributed by atoms with Gasteiger partial charge in [-0.3, -0.25) is 0 Å². The van der Waals surface area contributed by atoms with Gasteiger partial charge in [0.05, 0.1) is 7.11 Å². The Kier molecular flexibility index (Phi) is 4.43. The Morgan fingerprint density at radius 3 is 2.79 bits per heavy atom. The molecule has 0 aromatic heterocycles. The number of methoxy groups -OCH3 is 1. The summed E-state index contributed by atoms with van der Waals surface area (Å²) in [5.74, 6) is 0.944. The first-order chi connectivity index (χ1) is 6.77. The summed E-state index contributed by atoms with van der Waals surface area (Å²) in [4.78, 5) is 0. The second kappa shape index (κ2) is 5.62. The third-order valence-corrected chi connectivity index (χ3v) is 2.05. The standard InChI is InChI=1S/C11H18N2O/c1-9-4-5-11(14-3)10(6-9)7-13-8-12-2/h4-6,12-13H,7-8H2,1-3H3. The second-order valence-corrected chi connectivity index (χ2v) is 3.27. The molecule has 1 aromatic rings. The van der Waals surface area contributed by atoms with Gasteiger partial charge in [-0.2, -0.15) is 0 Å². The lowest BCUT2D eigenvalue weighted by atomic mass is 10.1. The van der Waals surface area contributed by atoms with E-state index in [0.717, 1.165) is 19.0 Å². The SMILES string of the molecule is CNCNCc1cc(C)ccc1OC. The van der Waals surface area contributed by atoms with Gasteiger partial charge in [0.1, 0.15) is 5.75 Å². The number of hydrogen-bond acceptors (Lipinski definition) is 3. The molecule has 14 heavy (non-hydrogen) atoms. The molecule has 2 N–H and O–H groups in total. The van der Waals surface area contributed by atoms with Crippen LogP contribution in [0.5, 0.6) is 5.75 Å². The second-order valence-electron chi connectivity index (χ2n) is 3.27. The maximum Gasteiger partial charge on any atom is 0.123 e. The highest BCUT2D eigenvalue weighted by Gasteiger charge is 2.01. The molecule has 1 rings (SSSR count). The van der Waals surface area contributed by atoms with Crippen LogP contribution in [0, 0.1) is 6.92 Å². The number of benzene rings is 1. The summed E-state index contributed by atoms with van der Waals surface area (Å²) in [6.07, 6.45) is 0. The third kappa shape index (κ3) is 3.01. The number of hydrogen-bond donors (Lipinski definition) is 2. The molecule has 1 aromatic carbocycles. The molecule has 0 aliphatic rings. The first-order valence-corrected chi connectivity index (χ1v) is 4.76. The average molecular weight is 194 g/mol. The van der Waals surface area contributed by atoms with Crippen LogP contribution in [0.1, 0.15) is 11.1 Å². The number of aryl methyl sites for hydroxylation is 1. The summed E-state index contributed by atoms with van der Waals surface area (Å²) in [5.41, 5.74) is 2.45. The smallest absolute Gasteiger partial charge is 0.123 e. The summed E-state index contributed by atoms with van der Waals surface area (Å²) >= 11 is 0. The van der Waals surface area contributed by atoms with Gasteiger partial charge in [0, 0.05) is 18.8 Å². The topological polar surface area (TPSA) is 33.3 Å². The molecule has 0 amide bonds. The van der Waals surface area contributed by atoms with E-state index in [-0.39, 0.29) is 0 Å². The number of rotatable bonds is 5. The van der Waals surface area contributed by atoms with Crippen LogP contribution >= 0.6 is 0 Å². The van der Waals surface area contributed by atoms with Gasteiger partial charge < -0.3 is 15.4 Å². The van der Waals surface area contributed by atoms with Crippen LogP contribution < -0.4 is 15.4 Å². The molecule has 3 nitrogen and oxygen atoms in total. The van der Waals surface area contributed by atoms with Crippen LogP contribution in [0.25, 0.3) is 0 Å². The molecule has 0 fully saturated rings. The van der Waals surface area contributed by atoms with E-state index in [2.05, 4.69) is 29.7 Å². The molecular formula is C11H18N2O. The average Bonchev–Trinajstić information content (AvgIpc) is 2.19. The molecule has 0 heterocycles. The molecule has 0 radical (unpaired) electrons. The highest BCUT2D eigenvalue weighted by atomic mass is 16.5. The van der Waals surface area contributed by atoms with E-state index in [1.807, 2.05) is 13.1 Å². The minimum atomic E-state index is 0.803. The number of nitrogens with one attached hydrogen (secondary N) is 2. The summed E-state index contributed by atoms with van der Waals surface area (Å²) in [6, 6.07) is 6.20. The van der Waals surface area contributed by atoms with Crippen molar-refractivity contribution in [1.29, 1.82) is 0 Å². The maximum absolute atomic E-state index is 5.27. The lowest BCUT2D eigenvalue weighted by Crippen LogP contribution is -2.25. The van der Waals surface area contributed by atoms with Gasteiger partial charge in [-0.25, -0.2) is 0 Å². The molecule has 0 spiro atoms. The molecule has 0 saturated heterocycles. The lowest BCUT2D eigenvalue weighted by molar-refractivity contribution is 0.407. The molecule has 0 unspecified atom stereocenters. The minimum Gasteiger partial charge on any atom is -0.496 e. The van der Waals surface area contributed by atoms with Gasteiger partial charge in [0.15, 0.2) is 0 Å². The Morgan fingerprint density at radius 2 is 2.14 bits per heavy atom. The Bertz CT molecular complexity index is 287. The first kappa shape index (κ1) is 11.0. The Morgan fingerprint density at radius 1 is 1.36 bits per heavy atom. The largest absolute Gasteiger partial charge is 0.496 e. The maximum atomic E-state index is 5.27. The number of ether oxygens (including phenoxy) is 1. The van der Waals surface area contributed by atoms with Crippen molar-refractivity contribution in [2.75, 3.05) is 20.8 Å². The van der Waals surface area contributed by atoms with Crippen molar-refractivity contribution in [3.05, 3.63) is 29.3 Å². The van der Waals surface area contributed by atoms with E-state index < -0.39 is 0 Å². The van der Waals surface area contributed by atoms with Crippen LogP contribution in [0.2, 0.25) is 0 Å². The summed E-state index contributed by atoms with van der Waals surface area (Å²) in [7, 11) is 3.62. The van der Waals surface area contributed by atoms with Crippen molar-refractivity contribution in [3.63, 3.8) is 0 Å². The monoisotopic (exact) mass is 194 g/mol. The quantitative estimate of drug-likeness (QED) is 0.547. The van der Waals surface area contributed by atoms with Crippen LogP contribution in [-0.2, 0) is 6.54 Å². The Labute approximate surface area is 85.5 Å². The predicted molar refractivity (Wildman–Crippen MR) is 58.5 cm³/mol. The zero-order valence-corrected chi connectivity index (χ0v) is 9.05. The Balaban J connectivity index is 2.67. The molecule has 78 valence electrons. The van der Waals surface area contributed by atoms with E-state index in [4.69, 9.17) is 4.74 Å². The lowest BCUT2D eigenvalue weighted by Gasteiger charge is -2.10. The Hall–Kier alpha value is -1.06. The first-order valence-electron chi connectivity index (χ1n) is 4.76. The van der Waals surface area contributed by atoms with E-state index in [0.29, 0.717) is 0 Å². The van der Waals surface area contributed by atoms with Crippen molar-refractivity contribution in [2.45, 2.75) is 13.5 Å². The van der Waals surface area contributed by atoms with Gasteiger partial charge in [0.25, 0.3) is 0 Å². The molecule has 3 heteroatoms. The van der Waals surface area contributed by atoms with E-state index in [1.165, 1.54) is 11.1 Å². The molecule has 0 saturated carbocycles. The van der Waals surface area contributed by atoms with E-state index in [9.17, 15) is 0 Å². The molecular weight excluding hydrogens is 176 g/mol. The van der Waals surface area contributed by atoms with Crippen molar-refractivity contribution in [2.24, 2.45) is 0 Å². The van der Waals surface area contributed by atoms with Crippen molar-refractivity contribution >= 4 is 0 Å². The van der Waals surface area contributed by atoms with Crippen molar-refractivity contribution < 1.29 is 4.74 Å². The predicted octanol–water partition coefficient (Wildman–Crippen LogP) is 1.27. The van der Waals surface area contributed by atoms with Crippen LogP contribution in [0.15, 0.2) is 18.2 Å². The van der Waals surface area contributed by atoms with Gasteiger partial charge in [-0.05, 0) is 20.0 Å². The zero-order chi connectivity index (χ0) is 10.4. The molecule has 0 aliphatic carbocycles. The zero-order valence-electron chi connectivity index (χ0n) is 9.05. The van der Waals surface area contributed by atoms with Gasteiger partial charge in [-0.15, -0.1) is 0 Å². The summed E-state index contributed by atoms with van der Waals surface area (Å²) in [5, 5.41) is 6.30. The fraction of sp³-hybridized carbons (Fsp3) is 0.455. The van der Waals surface area contributed by atoms with Crippen molar-refractivity contribution in [3.8, 4) is 5.75 Å². The van der Waals surface area contributed by atoms with Gasteiger partial charge in [0.2, 0.25) is 0 Å². The van der Waals surface area contributed by atoms with Crippen LogP contribution in [0.3, 0.4) is 0 Å². The summed E-state index contributed by atoms with van der Waals surface area (Å²) < 4.78 is 5.27. The van der Waals surface area contributed by atoms with Crippen molar-refractivity contribution in [1.82, 2.24) is 10.6 Å². The van der Waals surface area contributed by atoms with E-state index >= 15 is 0 Å². The van der Waals surface area contributed by atoms with Crippen LogP contribution in [0.4, 0.5) is 0 Å². The fourth-order valence-electron chi connectivity index (χ4n) is 1.37. The highest BCUT2D eigenvalue weighted by Crippen LogP contribution is 2.18. The normalized spacial score (nSPS) is 10.2. The van der Waals surface area contributed by atoms with Gasteiger partial charge >= 0.3 is 0 Å². The minimum absolute atomic E-state index is 0.803. The van der Waals surface area contributed by atoms with E-state index in [1.54, 1.807) is 7.11 Å². The fourth-order valence-corrected chi connectivity index (χ4v) is 1.37.